The summed E-state index contributed by atoms with van der Waals surface area (Å²) in [5.74, 6) is -1.27. The molecule has 4 nitrogen and oxygen atoms in total. The van der Waals surface area contributed by atoms with Crippen LogP contribution in [-0.4, -0.2) is 10.0 Å². The lowest BCUT2D eigenvalue weighted by molar-refractivity contribution is -0.387. The molecule has 0 atom stereocenters. The van der Waals surface area contributed by atoms with E-state index in [1.807, 2.05) is 0 Å². The van der Waals surface area contributed by atoms with Gasteiger partial charge in [-0.05, 0) is 12.1 Å². The summed E-state index contributed by atoms with van der Waals surface area (Å²) in [5, 5.41) is 19.1. The summed E-state index contributed by atoms with van der Waals surface area (Å²) >= 11 is 0. The van der Waals surface area contributed by atoms with Crippen molar-refractivity contribution in [1.29, 1.82) is 0 Å². The molecule has 0 heterocycles. The lowest BCUT2D eigenvalue weighted by atomic mass is 10.2. The number of aliphatic hydroxyl groups excluding tert-OH is 1. The van der Waals surface area contributed by atoms with Crippen molar-refractivity contribution in [1.82, 2.24) is 0 Å². The zero-order valence-electron chi connectivity index (χ0n) is 6.53. The molecular weight excluding hydrogens is 177 g/mol. The van der Waals surface area contributed by atoms with Crippen LogP contribution in [0.4, 0.5) is 10.1 Å². The predicted octanol–water partition coefficient (Wildman–Crippen LogP) is 2.26. The van der Waals surface area contributed by atoms with Gasteiger partial charge in [-0.3, -0.25) is 10.1 Å². The molecule has 1 rings (SSSR count). The van der Waals surface area contributed by atoms with E-state index in [2.05, 4.69) is 6.58 Å². The van der Waals surface area contributed by atoms with Crippen molar-refractivity contribution < 1.29 is 14.4 Å². The number of halogens is 1. The first-order valence-electron chi connectivity index (χ1n) is 3.34. The second kappa shape index (κ2) is 3.22. The number of aliphatic hydroxyl groups is 1. The van der Waals surface area contributed by atoms with Gasteiger partial charge in [0, 0.05) is 11.6 Å². The highest BCUT2D eigenvalue weighted by molar-refractivity contribution is 5.59. The summed E-state index contributed by atoms with van der Waals surface area (Å²) in [4.78, 5) is 9.39. The molecule has 0 fully saturated rings. The lowest BCUT2D eigenvalue weighted by Gasteiger charge is -1.98. The average Bonchev–Trinajstić information content (AvgIpc) is 2.04. The smallest absolute Gasteiger partial charge is 0.305 e. The number of rotatable bonds is 2. The molecule has 0 aliphatic heterocycles. The van der Waals surface area contributed by atoms with Crippen molar-refractivity contribution in [3.8, 4) is 0 Å². The normalized spacial score (nSPS) is 9.62. The van der Waals surface area contributed by atoms with Gasteiger partial charge in [-0.15, -0.1) is 0 Å². The minimum atomic E-state index is -0.935. The third kappa shape index (κ3) is 1.81. The molecule has 0 amide bonds. The zero-order valence-corrected chi connectivity index (χ0v) is 6.53. The van der Waals surface area contributed by atoms with Crippen molar-refractivity contribution in [3.63, 3.8) is 0 Å². The van der Waals surface area contributed by atoms with E-state index >= 15 is 0 Å². The van der Waals surface area contributed by atoms with Crippen LogP contribution in [0.5, 0.6) is 0 Å². The fourth-order valence-electron chi connectivity index (χ4n) is 0.832. The van der Waals surface area contributed by atoms with Gasteiger partial charge < -0.3 is 5.11 Å². The number of hydrogen-bond donors (Lipinski definition) is 1. The molecule has 13 heavy (non-hydrogen) atoms. The van der Waals surface area contributed by atoms with Crippen molar-refractivity contribution >= 4 is 11.4 Å². The first kappa shape index (κ1) is 9.18. The largest absolute Gasteiger partial charge is 0.508 e. The van der Waals surface area contributed by atoms with Crippen LogP contribution in [0.1, 0.15) is 5.56 Å². The third-order valence-electron chi connectivity index (χ3n) is 1.48. The Balaban J connectivity index is 3.27. The lowest BCUT2D eigenvalue weighted by Crippen LogP contribution is -1.93. The quantitative estimate of drug-likeness (QED) is 0.434. The van der Waals surface area contributed by atoms with Crippen LogP contribution in [0, 0.1) is 15.9 Å². The molecule has 0 saturated carbocycles. The fourth-order valence-corrected chi connectivity index (χ4v) is 0.832. The minimum absolute atomic E-state index is 0.133. The third-order valence-corrected chi connectivity index (χ3v) is 1.48. The van der Waals surface area contributed by atoms with Gasteiger partial charge in [0.15, 0.2) is 0 Å². The first-order chi connectivity index (χ1) is 6.02. The van der Waals surface area contributed by atoms with Gasteiger partial charge in [-0.2, -0.15) is 4.39 Å². The Labute approximate surface area is 73.1 Å². The molecule has 5 heteroatoms. The average molecular weight is 183 g/mol. The second-order valence-electron chi connectivity index (χ2n) is 2.37. The number of nitro groups is 1. The van der Waals surface area contributed by atoms with E-state index in [1.165, 1.54) is 6.07 Å². The summed E-state index contributed by atoms with van der Waals surface area (Å²) in [6.07, 6.45) is 0. The fraction of sp³-hybridized carbons (Fsp3) is 0. The maximum Gasteiger partial charge on any atom is 0.305 e. The standard InChI is InChI=1S/C8H6FNO3/c1-5(11)6-2-3-7(9)8(4-6)10(12)13/h2-4,11H,1H2. The molecule has 0 aliphatic rings. The van der Waals surface area contributed by atoms with Crippen LogP contribution in [0.25, 0.3) is 5.76 Å². The van der Waals surface area contributed by atoms with Crippen molar-refractivity contribution in [2.24, 2.45) is 0 Å². The molecule has 0 radical (unpaired) electrons. The highest BCUT2D eigenvalue weighted by Gasteiger charge is 2.14. The Kier molecular flexibility index (Phi) is 2.27. The maximum atomic E-state index is 12.7. The second-order valence-corrected chi connectivity index (χ2v) is 2.37. The molecule has 1 N–H and O–H groups in total. The Morgan fingerprint density at radius 3 is 2.69 bits per heavy atom. The van der Waals surface area contributed by atoms with Crippen LogP contribution in [0.3, 0.4) is 0 Å². The number of nitrogens with zero attached hydrogens (tertiary/aromatic N) is 1. The SMILES string of the molecule is C=C(O)c1ccc(F)c([N+](=O)[O-])c1. The Morgan fingerprint density at radius 1 is 1.62 bits per heavy atom. The highest BCUT2D eigenvalue weighted by Crippen LogP contribution is 2.21. The van der Waals surface area contributed by atoms with E-state index < -0.39 is 16.4 Å². The summed E-state index contributed by atoms with van der Waals surface area (Å²) < 4.78 is 12.7. The Morgan fingerprint density at radius 2 is 2.23 bits per heavy atom. The van der Waals surface area contributed by atoms with Gasteiger partial charge >= 0.3 is 5.69 Å². The predicted molar refractivity (Wildman–Crippen MR) is 44.7 cm³/mol. The monoisotopic (exact) mass is 183 g/mol. The number of benzene rings is 1. The Hall–Kier alpha value is -1.91. The molecule has 0 aromatic heterocycles. The van der Waals surface area contributed by atoms with Crippen molar-refractivity contribution in [2.45, 2.75) is 0 Å². The number of hydrogen-bond acceptors (Lipinski definition) is 3. The van der Waals surface area contributed by atoms with Gasteiger partial charge in [0.2, 0.25) is 5.82 Å². The molecule has 0 spiro atoms. The van der Waals surface area contributed by atoms with Gasteiger partial charge in [0.1, 0.15) is 5.76 Å². The van der Waals surface area contributed by atoms with Gasteiger partial charge in [-0.25, -0.2) is 0 Å². The summed E-state index contributed by atoms with van der Waals surface area (Å²) in [5.41, 5.74) is -0.541. The summed E-state index contributed by atoms with van der Waals surface area (Å²) in [7, 11) is 0. The van der Waals surface area contributed by atoms with E-state index in [-0.39, 0.29) is 11.3 Å². The topological polar surface area (TPSA) is 63.4 Å². The van der Waals surface area contributed by atoms with Crippen LogP contribution in [-0.2, 0) is 0 Å². The highest BCUT2D eigenvalue weighted by atomic mass is 19.1. The van der Waals surface area contributed by atoms with Gasteiger partial charge in [-0.1, -0.05) is 6.58 Å². The molecule has 0 aliphatic carbocycles. The minimum Gasteiger partial charge on any atom is -0.508 e. The summed E-state index contributed by atoms with van der Waals surface area (Å²) in [6, 6.07) is 3.05. The maximum absolute atomic E-state index is 12.7. The van der Waals surface area contributed by atoms with Crippen LogP contribution >= 0.6 is 0 Å². The van der Waals surface area contributed by atoms with E-state index in [1.54, 1.807) is 0 Å². The molecule has 0 bridgehead atoms. The van der Waals surface area contributed by atoms with E-state index in [4.69, 9.17) is 5.11 Å². The van der Waals surface area contributed by atoms with Crippen LogP contribution in [0.15, 0.2) is 24.8 Å². The molecule has 0 unspecified atom stereocenters. The van der Waals surface area contributed by atoms with Gasteiger partial charge in [0.05, 0.1) is 4.92 Å². The molecular formula is C8H6FNO3. The summed E-state index contributed by atoms with van der Waals surface area (Å²) in [6.45, 7) is 3.17. The van der Waals surface area contributed by atoms with E-state index in [9.17, 15) is 14.5 Å². The van der Waals surface area contributed by atoms with Crippen LogP contribution in [0.2, 0.25) is 0 Å². The van der Waals surface area contributed by atoms with Crippen molar-refractivity contribution in [2.75, 3.05) is 0 Å². The van der Waals surface area contributed by atoms with Gasteiger partial charge in [0.25, 0.3) is 0 Å². The Bertz CT molecular complexity index is 376. The molecule has 1 aromatic rings. The first-order valence-corrected chi connectivity index (χ1v) is 3.34. The van der Waals surface area contributed by atoms with E-state index in [0.717, 1.165) is 12.1 Å². The van der Waals surface area contributed by atoms with Crippen molar-refractivity contribution in [3.05, 3.63) is 46.3 Å². The zero-order chi connectivity index (χ0) is 10.0. The number of nitro benzene ring substituents is 1. The molecule has 0 saturated heterocycles. The molecule has 68 valence electrons. The van der Waals surface area contributed by atoms with E-state index in [0.29, 0.717) is 0 Å². The molecule has 1 aromatic carbocycles. The van der Waals surface area contributed by atoms with Crippen LogP contribution < -0.4 is 0 Å².